The van der Waals surface area contributed by atoms with E-state index >= 15 is 0 Å². The topological polar surface area (TPSA) is 47.4 Å². The van der Waals surface area contributed by atoms with Gasteiger partial charge in [-0.05, 0) is 82.3 Å². The third-order valence-corrected chi connectivity index (χ3v) is 6.83. The van der Waals surface area contributed by atoms with Crippen LogP contribution in [0.5, 0.6) is 5.75 Å². The van der Waals surface area contributed by atoms with Gasteiger partial charge in [-0.1, -0.05) is 36.4 Å². The molecule has 4 rings (SSSR count). The lowest BCUT2D eigenvalue weighted by Crippen LogP contribution is -2.30. The molecule has 0 bridgehead atoms. The molecule has 36 heavy (non-hydrogen) atoms. The van der Waals surface area contributed by atoms with Crippen LogP contribution in [0.1, 0.15) is 50.7 Å². The Labute approximate surface area is 214 Å². The summed E-state index contributed by atoms with van der Waals surface area (Å²) < 4.78 is 8.35. The molecule has 0 fully saturated rings. The van der Waals surface area contributed by atoms with Crippen molar-refractivity contribution in [1.82, 2.24) is 14.5 Å². The van der Waals surface area contributed by atoms with Crippen molar-refractivity contribution in [2.45, 2.75) is 53.4 Å². The molecule has 0 saturated heterocycles. The lowest BCUT2D eigenvalue weighted by molar-refractivity contribution is -0.130. The zero-order valence-corrected chi connectivity index (χ0v) is 22.0. The molecule has 5 nitrogen and oxygen atoms in total. The smallest absolute Gasteiger partial charge is 0.222 e. The summed E-state index contributed by atoms with van der Waals surface area (Å²) in [7, 11) is 0. The first-order valence-corrected chi connectivity index (χ1v) is 13.1. The van der Waals surface area contributed by atoms with Gasteiger partial charge >= 0.3 is 0 Å². The van der Waals surface area contributed by atoms with Crippen LogP contribution in [0.4, 0.5) is 0 Å². The molecule has 0 aliphatic carbocycles. The van der Waals surface area contributed by atoms with Crippen LogP contribution in [0.2, 0.25) is 0 Å². The minimum atomic E-state index is 0.250. The number of carbonyl (C=O) groups excluding carboxylic acids is 1. The highest BCUT2D eigenvalue weighted by atomic mass is 16.5. The molecular weight excluding hydrogens is 446 g/mol. The van der Waals surface area contributed by atoms with E-state index in [0.717, 1.165) is 66.2 Å². The average molecular weight is 484 g/mol. The van der Waals surface area contributed by atoms with Crippen LogP contribution < -0.4 is 4.74 Å². The quantitative estimate of drug-likeness (QED) is 0.213. The molecule has 5 heteroatoms. The standard InChI is InChI=1S/C31H37N3O2/c1-5-33(6-2)30(35)15-11-8-12-20-36-27-18-19-28-29(22-27)34(26-17-16-23(3)24(4)21-26)31(32-28)25-13-9-7-10-14-25/h7,9-10,13-14,16-19,21-22H,5-6,8,11-12,15,20H2,1-4H3. The van der Waals surface area contributed by atoms with E-state index < -0.39 is 0 Å². The number of hydrogen-bond acceptors (Lipinski definition) is 3. The number of ether oxygens (including phenoxy) is 1. The van der Waals surface area contributed by atoms with Gasteiger partial charge in [0.05, 0.1) is 17.6 Å². The number of unbranched alkanes of at least 4 members (excludes halogenated alkanes) is 2. The molecule has 188 valence electrons. The van der Waals surface area contributed by atoms with Crippen LogP contribution in [-0.4, -0.2) is 40.1 Å². The molecule has 0 unspecified atom stereocenters. The number of amides is 1. The highest BCUT2D eigenvalue weighted by molar-refractivity contribution is 5.84. The molecule has 0 N–H and O–H groups in total. The van der Waals surface area contributed by atoms with Crippen LogP contribution in [0.25, 0.3) is 28.1 Å². The summed E-state index contributed by atoms with van der Waals surface area (Å²) in [5.74, 6) is 2.01. The highest BCUT2D eigenvalue weighted by Gasteiger charge is 2.16. The largest absolute Gasteiger partial charge is 0.494 e. The molecule has 1 heterocycles. The maximum atomic E-state index is 12.2. The Hall–Kier alpha value is -3.60. The van der Waals surface area contributed by atoms with E-state index in [1.165, 1.54) is 11.1 Å². The van der Waals surface area contributed by atoms with Crippen molar-refractivity contribution < 1.29 is 9.53 Å². The van der Waals surface area contributed by atoms with Crippen molar-refractivity contribution in [3.63, 3.8) is 0 Å². The van der Waals surface area contributed by atoms with Crippen molar-refractivity contribution >= 4 is 16.9 Å². The molecule has 4 aromatic rings. The average Bonchev–Trinajstić information content (AvgIpc) is 3.28. The number of hydrogen-bond donors (Lipinski definition) is 0. The zero-order valence-electron chi connectivity index (χ0n) is 22.0. The second-order valence-electron chi connectivity index (χ2n) is 9.28. The number of carbonyl (C=O) groups is 1. The third-order valence-electron chi connectivity index (χ3n) is 6.83. The number of aryl methyl sites for hydroxylation is 2. The van der Waals surface area contributed by atoms with E-state index in [1.807, 2.05) is 49.1 Å². The fourth-order valence-corrected chi connectivity index (χ4v) is 4.53. The normalized spacial score (nSPS) is 11.1. The summed E-state index contributed by atoms with van der Waals surface area (Å²) in [5, 5.41) is 0. The van der Waals surface area contributed by atoms with Gasteiger partial charge in [0.2, 0.25) is 5.91 Å². The molecule has 1 aromatic heterocycles. The second kappa shape index (κ2) is 11.9. The van der Waals surface area contributed by atoms with Gasteiger partial charge in [0.25, 0.3) is 0 Å². The summed E-state index contributed by atoms with van der Waals surface area (Å²) in [4.78, 5) is 19.0. The third kappa shape index (κ3) is 5.78. The van der Waals surface area contributed by atoms with Gasteiger partial charge in [-0.15, -0.1) is 0 Å². The van der Waals surface area contributed by atoms with Gasteiger partial charge < -0.3 is 9.64 Å². The van der Waals surface area contributed by atoms with Crippen molar-refractivity contribution in [3.05, 3.63) is 77.9 Å². The number of rotatable bonds is 11. The van der Waals surface area contributed by atoms with Gasteiger partial charge in [0.15, 0.2) is 0 Å². The van der Waals surface area contributed by atoms with Crippen LogP contribution in [0.3, 0.4) is 0 Å². The molecule has 0 spiro atoms. The molecule has 3 aromatic carbocycles. The predicted octanol–water partition coefficient (Wildman–Crippen LogP) is 7.12. The SMILES string of the molecule is CCN(CC)C(=O)CCCCCOc1ccc2nc(-c3ccccc3)n(-c3ccc(C)c(C)c3)c2c1. The van der Waals surface area contributed by atoms with Crippen LogP contribution in [0.15, 0.2) is 66.7 Å². The van der Waals surface area contributed by atoms with Crippen molar-refractivity contribution in [1.29, 1.82) is 0 Å². The minimum Gasteiger partial charge on any atom is -0.494 e. The van der Waals surface area contributed by atoms with Crippen molar-refractivity contribution in [3.8, 4) is 22.8 Å². The maximum Gasteiger partial charge on any atom is 0.222 e. The summed E-state index contributed by atoms with van der Waals surface area (Å²) in [6.45, 7) is 10.5. The van der Waals surface area contributed by atoms with Gasteiger partial charge in [0, 0.05) is 36.8 Å². The first-order valence-electron chi connectivity index (χ1n) is 13.1. The maximum absolute atomic E-state index is 12.2. The predicted molar refractivity (Wildman–Crippen MR) is 148 cm³/mol. The summed E-state index contributed by atoms with van der Waals surface area (Å²) in [6.07, 6.45) is 3.42. The van der Waals surface area contributed by atoms with Gasteiger partial charge in [-0.25, -0.2) is 4.98 Å². The zero-order chi connectivity index (χ0) is 25.5. The van der Waals surface area contributed by atoms with Crippen LogP contribution in [-0.2, 0) is 4.79 Å². The number of imidazole rings is 1. The summed E-state index contributed by atoms with van der Waals surface area (Å²) in [6, 6.07) is 23.0. The highest BCUT2D eigenvalue weighted by Crippen LogP contribution is 2.31. The van der Waals surface area contributed by atoms with E-state index in [4.69, 9.17) is 9.72 Å². The van der Waals surface area contributed by atoms with E-state index in [-0.39, 0.29) is 5.91 Å². The molecule has 0 radical (unpaired) electrons. The summed E-state index contributed by atoms with van der Waals surface area (Å²) in [5.41, 5.74) is 6.66. The monoisotopic (exact) mass is 483 g/mol. The number of benzene rings is 3. The molecular formula is C31H37N3O2. The minimum absolute atomic E-state index is 0.250. The first kappa shape index (κ1) is 25.5. The van der Waals surface area contributed by atoms with E-state index in [9.17, 15) is 4.79 Å². The fraction of sp³-hybridized carbons (Fsp3) is 0.355. The second-order valence-corrected chi connectivity index (χ2v) is 9.28. The Morgan fingerprint density at radius 1 is 0.889 bits per heavy atom. The summed E-state index contributed by atoms with van der Waals surface area (Å²) >= 11 is 0. The number of nitrogens with zero attached hydrogens (tertiary/aromatic N) is 3. The lowest BCUT2D eigenvalue weighted by atomic mass is 10.1. The van der Waals surface area contributed by atoms with Crippen molar-refractivity contribution in [2.24, 2.45) is 0 Å². The van der Waals surface area contributed by atoms with E-state index in [1.54, 1.807) is 0 Å². The molecule has 1 amide bonds. The Morgan fingerprint density at radius 3 is 2.39 bits per heavy atom. The van der Waals surface area contributed by atoms with Gasteiger partial charge in [-0.3, -0.25) is 9.36 Å². The Balaban J connectivity index is 1.51. The first-order chi connectivity index (χ1) is 17.5. The molecule has 0 saturated carbocycles. The molecule has 0 aliphatic heterocycles. The Kier molecular flexibility index (Phi) is 8.42. The lowest BCUT2D eigenvalue weighted by Gasteiger charge is -2.18. The molecule has 0 aliphatic rings. The Morgan fingerprint density at radius 2 is 1.67 bits per heavy atom. The Bertz CT molecular complexity index is 1310. The van der Waals surface area contributed by atoms with E-state index in [2.05, 4.69) is 54.8 Å². The van der Waals surface area contributed by atoms with Crippen molar-refractivity contribution in [2.75, 3.05) is 19.7 Å². The fourth-order valence-electron chi connectivity index (χ4n) is 4.53. The van der Waals surface area contributed by atoms with Crippen LogP contribution >= 0.6 is 0 Å². The number of aromatic nitrogens is 2. The van der Waals surface area contributed by atoms with Gasteiger partial charge in [-0.2, -0.15) is 0 Å². The van der Waals surface area contributed by atoms with E-state index in [0.29, 0.717) is 13.0 Å². The molecule has 0 atom stereocenters. The number of fused-ring (bicyclic) bond motifs is 1. The van der Waals surface area contributed by atoms with Gasteiger partial charge in [0.1, 0.15) is 11.6 Å². The van der Waals surface area contributed by atoms with Crippen LogP contribution in [0, 0.1) is 13.8 Å².